The SMILES string of the molecule is Cc1cc(N)cc(C(=O)c2ccc3c(c2)CC(C)O3)c1F. The molecule has 21 heavy (non-hydrogen) atoms. The molecule has 0 bridgehead atoms. The molecule has 1 heterocycles. The Morgan fingerprint density at radius 2 is 2.10 bits per heavy atom. The maximum atomic E-state index is 14.2. The summed E-state index contributed by atoms with van der Waals surface area (Å²) in [6.45, 7) is 3.57. The van der Waals surface area contributed by atoms with Gasteiger partial charge in [0.2, 0.25) is 0 Å². The summed E-state index contributed by atoms with van der Waals surface area (Å²) in [6.07, 6.45) is 0.867. The van der Waals surface area contributed by atoms with Gasteiger partial charge >= 0.3 is 0 Å². The van der Waals surface area contributed by atoms with Crippen LogP contribution in [0.15, 0.2) is 30.3 Å². The molecule has 1 aliphatic rings. The van der Waals surface area contributed by atoms with E-state index in [4.69, 9.17) is 10.5 Å². The standard InChI is InChI=1S/C17H16FNO2/c1-9-5-13(19)8-14(16(9)18)17(20)11-3-4-15-12(7-11)6-10(2)21-15/h3-5,7-8,10H,6,19H2,1-2H3. The molecule has 0 fully saturated rings. The largest absolute Gasteiger partial charge is 0.490 e. The lowest BCUT2D eigenvalue weighted by Crippen LogP contribution is -2.07. The lowest BCUT2D eigenvalue weighted by molar-refractivity contribution is 0.103. The van der Waals surface area contributed by atoms with Gasteiger partial charge in [0.05, 0.1) is 5.56 Å². The van der Waals surface area contributed by atoms with Crippen LogP contribution in [-0.2, 0) is 6.42 Å². The molecule has 2 N–H and O–H groups in total. The van der Waals surface area contributed by atoms with Crippen LogP contribution in [0.1, 0.15) is 34.0 Å². The molecule has 108 valence electrons. The van der Waals surface area contributed by atoms with Gasteiger partial charge in [-0.3, -0.25) is 4.79 Å². The fourth-order valence-electron chi connectivity index (χ4n) is 2.68. The van der Waals surface area contributed by atoms with E-state index in [0.29, 0.717) is 16.8 Å². The topological polar surface area (TPSA) is 52.3 Å². The number of hydrogen-bond acceptors (Lipinski definition) is 3. The first-order chi connectivity index (χ1) is 9.95. The number of carbonyl (C=O) groups is 1. The van der Waals surface area contributed by atoms with E-state index >= 15 is 0 Å². The third-order valence-electron chi connectivity index (χ3n) is 3.68. The molecule has 0 saturated carbocycles. The van der Waals surface area contributed by atoms with Crippen LogP contribution in [0.3, 0.4) is 0 Å². The number of ether oxygens (including phenoxy) is 1. The van der Waals surface area contributed by atoms with Crippen molar-refractivity contribution in [2.45, 2.75) is 26.4 Å². The highest BCUT2D eigenvalue weighted by atomic mass is 19.1. The molecule has 0 aliphatic carbocycles. The quantitative estimate of drug-likeness (QED) is 0.680. The average Bonchev–Trinajstić information content (AvgIpc) is 2.81. The zero-order chi connectivity index (χ0) is 15.1. The van der Waals surface area contributed by atoms with Crippen LogP contribution >= 0.6 is 0 Å². The zero-order valence-electron chi connectivity index (χ0n) is 11.9. The van der Waals surface area contributed by atoms with Gasteiger partial charge in [-0.05, 0) is 55.3 Å². The molecule has 0 amide bonds. The summed E-state index contributed by atoms with van der Waals surface area (Å²) in [5.74, 6) is -0.0761. The Kier molecular flexibility index (Phi) is 3.16. The van der Waals surface area contributed by atoms with Crippen LogP contribution in [0.4, 0.5) is 10.1 Å². The van der Waals surface area contributed by atoms with E-state index in [1.54, 1.807) is 25.1 Å². The predicted octanol–water partition coefficient (Wildman–Crippen LogP) is 3.27. The first-order valence-corrected chi connectivity index (χ1v) is 6.85. The minimum atomic E-state index is -0.515. The van der Waals surface area contributed by atoms with Gasteiger partial charge in [-0.2, -0.15) is 0 Å². The molecule has 2 aromatic carbocycles. The maximum Gasteiger partial charge on any atom is 0.196 e. The van der Waals surface area contributed by atoms with Crippen LogP contribution in [0, 0.1) is 12.7 Å². The van der Waals surface area contributed by atoms with Crippen LogP contribution in [0.5, 0.6) is 5.75 Å². The molecule has 2 aromatic rings. The first-order valence-electron chi connectivity index (χ1n) is 6.85. The van der Waals surface area contributed by atoms with E-state index in [2.05, 4.69) is 0 Å². The fourth-order valence-corrected chi connectivity index (χ4v) is 2.68. The van der Waals surface area contributed by atoms with Gasteiger partial charge in [0.15, 0.2) is 5.78 Å². The summed E-state index contributed by atoms with van der Waals surface area (Å²) in [5, 5.41) is 0. The van der Waals surface area contributed by atoms with E-state index in [-0.39, 0.29) is 17.5 Å². The van der Waals surface area contributed by atoms with E-state index in [0.717, 1.165) is 17.7 Å². The van der Waals surface area contributed by atoms with Gasteiger partial charge in [0.1, 0.15) is 17.7 Å². The molecule has 0 radical (unpaired) electrons. The fraction of sp³-hybridized carbons (Fsp3) is 0.235. The summed E-state index contributed by atoms with van der Waals surface area (Å²) in [5.41, 5.74) is 7.92. The van der Waals surface area contributed by atoms with Crippen molar-refractivity contribution in [1.82, 2.24) is 0 Å². The van der Waals surface area contributed by atoms with Crippen LogP contribution in [-0.4, -0.2) is 11.9 Å². The number of nitrogens with two attached hydrogens (primary N) is 1. The Balaban J connectivity index is 2.02. The molecule has 0 saturated heterocycles. The van der Waals surface area contributed by atoms with Crippen molar-refractivity contribution < 1.29 is 13.9 Å². The number of rotatable bonds is 2. The number of carbonyl (C=O) groups excluding carboxylic acids is 1. The normalized spacial score (nSPS) is 16.4. The van der Waals surface area contributed by atoms with Crippen molar-refractivity contribution in [2.24, 2.45) is 0 Å². The molecule has 0 spiro atoms. The van der Waals surface area contributed by atoms with Crippen LogP contribution < -0.4 is 10.5 Å². The Morgan fingerprint density at radius 1 is 1.33 bits per heavy atom. The van der Waals surface area contributed by atoms with Gasteiger partial charge < -0.3 is 10.5 Å². The lowest BCUT2D eigenvalue weighted by atomic mass is 9.97. The summed E-state index contributed by atoms with van der Waals surface area (Å²) in [4.78, 5) is 12.5. The Labute approximate surface area is 122 Å². The lowest BCUT2D eigenvalue weighted by Gasteiger charge is -2.08. The third kappa shape index (κ3) is 2.37. The highest BCUT2D eigenvalue weighted by molar-refractivity contribution is 6.10. The predicted molar refractivity (Wildman–Crippen MR) is 79.2 cm³/mol. The van der Waals surface area contributed by atoms with Gasteiger partial charge in [-0.15, -0.1) is 0 Å². The summed E-state index contributed by atoms with van der Waals surface area (Å²) in [6, 6.07) is 8.11. The number of aryl methyl sites for hydroxylation is 1. The highest BCUT2D eigenvalue weighted by Gasteiger charge is 2.22. The van der Waals surface area contributed by atoms with E-state index in [1.165, 1.54) is 12.1 Å². The summed E-state index contributed by atoms with van der Waals surface area (Å²) in [7, 11) is 0. The molecular weight excluding hydrogens is 269 g/mol. The molecule has 1 unspecified atom stereocenters. The van der Waals surface area contributed by atoms with Crippen molar-refractivity contribution in [3.05, 3.63) is 58.4 Å². The third-order valence-corrected chi connectivity index (χ3v) is 3.68. The van der Waals surface area contributed by atoms with E-state index in [9.17, 15) is 9.18 Å². The Hall–Kier alpha value is -2.36. The molecule has 3 nitrogen and oxygen atoms in total. The van der Waals surface area contributed by atoms with Crippen molar-refractivity contribution in [2.75, 3.05) is 5.73 Å². The van der Waals surface area contributed by atoms with E-state index in [1.807, 2.05) is 6.92 Å². The minimum Gasteiger partial charge on any atom is -0.490 e. The molecular formula is C17H16FNO2. The monoisotopic (exact) mass is 285 g/mol. The van der Waals surface area contributed by atoms with Crippen molar-refractivity contribution in [3.63, 3.8) is 0 Å². The number of ketones is 1. The number of fused-ring (bicyclic) bond motifs is 1. The number of hydrogen-bond donors (Lipinski definition) is 1. The molecule has 1 aliphatic heterocycles. The summed E-state index contributed by atoms with van der Waals surface area (Å²) >= 11 is 0. The summed E-state index contributed by atoms with van der Waals surface area (Å²) < 4.78 is 19.8. The van der Waals surface area contributed by atoms with Gasteiger partial charge in [-0.25, -0.2) is 4.39 Å². The molecule has 0 aromatic heterocycles. The Morgan fingerprint density at radius 3 is 2.86 bits per heavy atom. The zero-order valence-corrected chi connectivity index (χ0v) is 11.9. The van der Waals surface area contributed by atoms with Crippen molar-refractivity contribution in [3.8, 4) is 5.75 Å². The minimum absolute atomic E-state index is 0.0133. The molecule has 4 heteroatoms. The van der Waals surface area contributed by atoms with Crippen molar-refractivity contribution >= 4 is 11.5 Å². The van der Waals surface area contributed by atoms with Crippen LogP contribution in [0.25, 0.3) is 0 Å². The number of anilines is 1. The van der Waals surface area contributed by atoms with Crippen molar-refractivity contribution in [1.29, 1.82) is 0 Å². The van der Waals surface area contributed by atoms with Gasteiger partial charge in [-0.1, -0.05) is 0 Å². The highest BCUT2D eigenvalue weighted by Crippen LogP contribution is 2.30. The second-order valence-corrected chi connectivity index (χ2v) is 5.48. The first kappa shape index (κ1) is 13.6. The Bertz CT molecular complexity index is 740. The molecule has 1 atom stereocenters. The second-order valence-electron chi connectivity index (χ2n) is 5.48. The average molecular weight is 285 g/mol. The second kappa shape index (κ2) is 4.88. The number of nitrogen functional groups attached to an aromatic ring is 1. The molecule has 3 rings (SSSR count). The van der Waals surface area contributed by atoms with Crippen LogP contribution in [0.2, 0.25) is 0 Å². The van der Waals surface area contributed by atoms with Gasteiger partial charge in [0.25, 0.3) is 0 Å². The number of benzene rings is 2. The van der Waals surface area contributed by atoms with Gasteiger partial charge in [0, 0.05) is 17.7 Å². The smallest absolute Gasteiger partial charge is 0.196 e. The number of halogens is 1. The van der Waals surface area contributed by atoms with E-state index < -0.39 is 5.82 Å². The maximum absolute atomic E-state index is 14.2.